The maximum Gasteiger partial charge on any atom is 0.416 e. The number of benzene rings is 1. The van der Waals surface area contributed by atoms with E-state index in [1.54, 1.807) is 0 Å². The van der Waals surface area contributed by atoms with Gasteiger partial charge >= 0.3 is 6.18 Å². The van der Waals surface area contributed by atoms with Gasteiger partial charge in [0, 0.05) is 0 Å². The van der Waals surface area contributed by atoms with Crippen molar-refractivity contribution in [1.82, 2.24) is 0 Å². The number of halogens is 3. The van der Waals surface area contributed by atoms with Crippen LogP contribution in [0.15, 0.2) is 24.3 Å². The molecule has 0 aliphatic rings. The van der Waals surface area contributed by atoms with E-state index < -0.39 is 23.3 Å². The van der Waals surface area contributed by atoms with Crippen molar-refractivity contribution in [2.75, 3.05) is 0 Å². The van der Waals surface area contributed by atoms with E-state index in [0.717, 1.165) is 12.1 Å². The van der Waals surface area contributed by atoms with Gasteiger partial charge in [-0.2, -0.15) is 13.2 Å². The van der Waals surface area contributed by atoms with Crippen LogP contribution in [-0.4, -0.2) is 11.4 Å². The monoisotopic (exact) mass is 246 g/mol. The lowest BCUT2D eigenvalue weighted by atomic mass is 9.84. The Balaban J connectivity index is 3.00. The van der Waals surface area contributed by atoms with Crippen LogP contribution in [0.5, 0.6) is 0 Å². The molecule has 0 radical (unpaired) electrons. The Bertz CT molecular complexity index is 393. The number of aldehydes is 1. The van der Waals surface area contributed by atoms with Gasteiger partial charge in [-0.15, -0.1) is 0 Å². The average molecular weight is 246 g/mol. The molecule has 0 spiro atoms. The van der Waals surface area contributed by atoms with Gasteiger partial charge in [0.2, 0.25) is 0 Å². The fraction of sp³-hybridized carbons (Fsp3) is 0.417. The summed E-state index contributed by atoms with van der Waals surface area (Å²) in [5.74, 6) is 0. The summed E-state index contributed by atoms with van der Waals surface area (Å²) in [7, 11) is 0. The Morgan fingerprint density at radius 1 is 1.18 bits per heavy atom. The SMILES string of the molecule is CC(C)(C=O)C(O)c1ccc(C(F)(F)F)cc1. The fourth-order valence-corrected chi connectivity index (χ4v) is 1.35. The largest absolute Gasteiger partial charge is 0.416 e. The van der Waals surface area contributed by atoms with Crippen molar-refractivity contribution < 1.29 is 23.1 Å². The van der Waals surface area contributed by atoms with Gasteiger partial charge in [0.1, 0.15) is 6.29 Å². The van der Waals surface area contributed by atoms with Crippen LogP contribution in [0.4, 0.5) is 13.2 Å². The molecule has 17 heavy (non-hydrogen) atoms. The van der Waals surface area contributed by atoms with Crippen LogP contribution in [0.1, 0.15) is 31.1 Å². The third-order valence-electron chi connectivity index (χ3n) is 2.56. The first-order chi connectivity index (χ1) is 7.68. The van der Waals surface area contributed by atoms with Crippen molar-refractivity contribution >= 4 is 6.29 Å². The van der Waals surface area contributed by atoms with Gasteiger partial charge in [0.25, 0.3) is 0 Å². The van der Waals surface area contributed by atoms with E-state index in [4.69, 9.17) is 0 Å². The molecular weight excluding hydrogens is 233 g/mol. The first-order valence-corrected chi connectivity index (χ1v) is 5.00. The minimum absolute atomic E-state index is 0.287. The van der Waals surface area contributed by atoms with E-state index in [9.17, 15) is 23.1 Å². The van der Waals surface area contributed by atoms with E-state index >= 15 is 0 Å². The number of rotatable bonds is 3. The zero-order valence-corrected chi connectivity index (χ0v) is 9.45. The summed E-state index contributed by atoms with van der Waals surface area (Å²) in [5.41, 5.74) is -1.52. The lowest BCUT2D eigenvalue weighted by molar-refractivity contribution is -0.137. The Labute approximate surface area is 97.1 Å². The highest BCUT2D eigenvalue weighted by Gasteiger charge is 2.32. The van der Waals surface area contributed by atoms with Crippen LogP contribution in [0.2, 0.25) is 0 Å². The smallest absolute Gasteiger partial charge is 0.387 e. The van der Waals surface area contributed by atoms with E-state index in [-0.39, 0.29) is 5.56 Å². The van der Waals surface area contributed by atoms with E-state index in [1.807, 2.05) is 0 Å². The third-order valence-corrected chi connectivity index (χ3v) is 2.56. The summed E-state index contributed by atoms with van der Waals surface area (Å²) in [5, 5.41) is 9.83. The maximum absolute atomic E-state index is 12.3. The summed E-state index contributed by atoms with van der Waals surface area (Å²) in [6.45, 7) is 3.03. The molecule has 0 heterocycles. The highest BCUT2D eigenvalue weighted by Crippen LogP contribution is 2.34. The normalized spacial score (nSPS) is 14.5. The molecule has 0 aliphatic carbocycles. The van der Waals surface area contributed by atoms with Crippen LogP contribution in [0.25, 0.3) is 0 Å². The van der Waals surface area contributed by atoms with Gasteiger partial charge in [0.05, 0.1) is 17.1 Å². The lowest BCUT2D eigenvalue weighted by Gasteiger charge is -2.24. The highest BCUT2D eigenvalue weighted by molar-refractivity contribution is 5.59. The van der Waals surface area contributed by atoms with Crippen molar-refractivity contribution in [3.8, 4) is 0 Å². The quantitative estimate of drug-likeness (QED) is 0.832. The summed E-state index contributed by atoms with van der Waals surface area (Å²) in [6.07, 6.45) is -4.94. The molecule has 1 aromatic rings. The molecule has 1 unspecified atom stereocenters. The zero-order chi connectivity index (χ0) is 13.3. The molecular formula is C12H13F3O2. The summed E-state index contributed by atoms with van der Waals surface area (Å²) >= 11 is 0. The van der Waals surface area contributed by atoms with Crippen LogP contribution >= 0.6 is 0 Å². The predicted molar refractivity (Wildman–Crippen MR) is 56.2 cm³/mol. The van der Waals surface area contributed by atoms with Gasteiger partial charge in [-0.3, -0.25) is 0 Å². The minimum atomic E-state index is -4.40. The summed E-state index contributed by atoms with van der Waals surface area (Å²) < 4.78 is 36.9. The van der Waals surface area contributed by atoms with Crippen molar-refractivity contribution in [3.05, 3.63) is 35.4 Å². The Hall–Kier alpha value is -1.36. The van der Waals surface area contributed by atoms with Gasteiger partial charge in [0.15, 0.2) is 0 Å². The average Bonchev–Trinajstić information content (AvgIpc) is 2.27. The summed E-state index contributed by atoms with van der Waals surface area (Å²) in [4.78, 5) is 10.7. The standard InChI is InChI=1S/C12H13F3O2/c1-11(2,7-16)10(17)8-3-5-9(6-4-8)12(13,14)15/h3-7,10,17H,1-2H3. The van der Waals surface area contributed by atoms with Crippen LogP contribution in [-0.2, 0) is 11.0 Å². The Morgan fingerprint density at radius 2 is 1.65 bits per heavy atom. The molecule has 2 nitrogen and oxygen atoms in total. The number of aliphatic hydroxyl groups excluding tert-OH is 1. The first-order valence-electron chi connectivity index (χ1n) is 5.00. The number of alkyl halides is 3. The number of hydrogen-bond acceptors (Lipinski definition) is 2. The molecule has 0 aromatic heterocycles. The van der Waals surface area contributed by atoms with Crippen LogP contribution in [0.3, 0.4) is 0 Å². The topological polar surface area (TPSA) is 37.3 Å². The first kappa shape index (κ1) is 13.7. The molecule has 0 saturated carbocycles. The molecule has 5 heteroatoms. The molecule has 0 saturated heterocycles. The van der Waals surface area contributed by atoms with Crippen molar-refractivity contribution in [3.63, 3.8) is 0 Å². The lowest BCUT2D eigenvalue weighted by Crippen LogP contribution is -2.23. The predicted octanol–water partition coefficient (Wildman–Crippen LogP) is 2.96. The third kappa shape index (κ3) is 3.06. The molecule has 0 bridgehead atoms. The maximum atomic E-state index is 12.3. The molecule has 94 valence electrons. The number of aliphatic hydroxyl groups is 1. The van der Waals surface area contributed by atoms with E-state index in [2.05, 4.69) is 0 Å². The molecule has 0 fully saturated rings. The van der Waals surface area contributed by atoms with Crippen molar-refractivity contribution in [2.45, 2.75) is 26.1 Å². The van der Waals surface area contributed by atoms with Gasteiger partial charge in [-0.25, -0.2) is 0 Å². The molecule has 1 rings (SSSR count). The van der Waals surface area contributed by atoms with E-state index in [0.29, 0.717) is 6.29 Å². The molecule has 1 aromatic carbocycles. The Morgan fingerprint density at radius 3 is 2.00 bits per heavy atom. The van der Waals surface area contributed by atoms with Crippen LogP contribution < -0.4 is 0 Å². The summed E-state index contributed by atoms with van der Waals surface area (Å²) in [6, 6.07) is 4.14. The van der Waals surface area contributed by atoms with Gasteiger partial charge in [-0.05, 0) is 17.7 Å². The zero-order valence-electron chi connectivity index (χ0n) is 9.45. The van der Waals surface area contributed by atoms with Crippen molar-refractivity contribution in [1.29, 1.82) is 0 Å². The molecule has 0 amide bonds. The fourth-order valence-electron chi connectivity index (χ4n) is 1.35. The van der Waals surface area contributed by atoms with Crippen molar-refractivity contribution in [2.24, 2.45) is 5.41 Å². The van der Waals surface area contributed by atoms with Crippen LogP contribution in [0, 0.1) is 5.41 Å². The highest BCUT2D eigenvalue weighted by atomic mass is 19.4. The molecule has 1 N–H and O–H groups in total. The number of carbonyl (C=O) groups is 1. The minimum Gasteiger partial charge on any atom is -0.387 e. The molecule has 0 aliphatic heterocycles. The number of carbonyl (C=O) groups excluding carboxylic acids is 1. The number of hydrogen-bond donors (Lipinski definition) is 1. The Kier molecular flexibility index (Phi) is 3.62. The second kappa shape index (κ2) is 4.49. The molecule has 1 atom stereocenters. The van der Waals surface area contributed by atoms with Gasteiger partial charge in [-0.1, -0.05) is 26.0 Å². The van der Waals surface area contributed by atoms with Gasteiger partial charge < -0.3 is 9.90 Å². The second-order valence-electron chi connectivity index (χ2n) is 4.46. The second-order valence-corrected chi connectivity index (χ2v) is 4.46. The van der Waals surface area contributed by atoms with E-state index in [1.165, 1.54) is 26.0 Å².